The number of unbranched alkanes of at least 4 members (excludes halogenated alkanes) is 2. The van der Waals surface area contributed by atoms with Crippen molar-refractivity contribution in [3.8, 4) is 17.1 Å². The number of carbonyl (C=O) groups is 1. The minimum atomic E-state index is 0.136. The molecule has 0 fully saturated rings. The molecule has 1 aromatic heterocycles. The summed E-state index contributed by atoms with van der Waals surface area (Å²) in [6.07, 6.45) is 4.74. The van der Waals surface area contributed by atoms with Gasteiger partial charge in [-0.25, -0.2) is 0 Å². The summed E-state index contributed by atoms with van der Waals surface area (Å²) >= 11 is 1.64. The van der Waals surface area contributed by atoms with Crippen LogP contribution in [0, 0.1) is 6.92 Å². The third-order valence-electron chi connectivity index (χ3n) is 4.84. The van der Waals surface area contributed by atoms with Crippen molar-refractivity contribution in [2.75, 3.05) is 12.3 Å². The number of thioether (sulfide) groups is 1. The van der Waals surface area contributed by atoms with E-state index in [1.165, 1.54) is 12.0 Å². The Bertz CT molecular complexity index is 922. The lowest BCUT2D eigenvalue weighted by Crippen LogP contribution is -2.24. The highest BCUT2D eigenvalue weighted by atomic mass is 32.2. The Labute approximate surface area is 183 Å². The molecule has 0 atom stereocenters. The van der Waals surface area contributed by atoms with E-state index in [4.69, 9.17) is 0 Å². The number of hydrogen-bond acceptors (Lipinski definition) is 4. The molecule has 0 aliphatic heterocycles. The summed E-state index contributed by atoms with van der Waals surface area (Å²) in [7, 11) is 0. The third kappa shape index (κ3) is 6.20. The van der Waals surface area contributed by atoms with E-state index in [0.29, 0.717) is 6.42 Å². The standard InChI is InChI=1S/C24H30N4OS/c1-3-4-8-17-25-22(29)12-9-18-30-24-27-26-23(20-15-13-19(2)14-16-20)28(24)21-10-6-5-7-11-21/h5-7,10-11,13-16H,3-4,8-9,12,17-18H2,1-2H3,(H,25,29). The van der Waals surface area contributed by atoms with Gasteiger partial charge in [-0.2, -0.15) is 0 Å². The van der Waals surface area contributed by atoms with Gasteiger partial charge in [0.1, 0.15) is 0 Å². The van der Waals surface area contributed by atoms with E-state index in [1.54, 1.807) is 11.8 Å². The maximum atomic E-state index is 12.0. The van der Waals surface area contributed by atoms with Gasteiger partial charge in [0.15, 0.2) is 11.0 Å². The van der Waals surface area contributed by atoms with Crippen LogP contribution in [0.4, 0.5) is 0 Å². The van der Waals surface area contributed by atoms with Crippen molar-refractivity contribution >= 4 is 17.7 Å². The van der Waals surface area contributed by atoms with E-state index < -0.39 is 0 Å². The second-order valence-corrected chi connectivity index (χ2v) is 8.41. The fourth-order valence-corrected chi connectivity index (χ4v) is 4.04. The maximum Gasteiger partial charge on any atom is 0.220 e. The molecule has 5 nitrogen and oxygen atoms in total. The quantitative estimate of drug-likeness (QED) is 0.331. The molecule has 3 aromatic rings. The Kier molecular flexibility index (Phi) is 8.51. The minimum absolute atomic E-state index is 0.136. The summed E-state index contributed by atoms with van der Waals surface area (Å²) in [5, 5.41) is 12.8. The molecule has 0 unspecified atom stereocenters. The fraction of sp³-hybridized carbons (Fsp3) is 0.375. The topological polar surface area (TPSA) is 59.8 Å². The monoisotopic (exact) mass is 422 g/mol. The van der Waals surface area contributed by atoms with Crippen LogP contribution in [0.2, 0.25) is 0 Å². The highest BCUT2D eigenvalue weighted by Crippen LogP contribution is 2.28. The molecule has 1 heterocycles. The maximum absolute atomic E-state index is 12.0. The summed E-state index contributed by atoms with van der Waals surface area (Å²) in [6, 6.07) is 18.5. The van der Waals surface area contributed by atoms with Gasteiger partial charge in [0.25, 0.3) is 0 Å². The van der Waals surface area contributed by atoms with Gasteiger partial charge in [0.05, 0.1) is 0 Å². The Morgan fingerprint density at radius 3 is 2.50 bits per heavy atom. The average molecular weight is 423 g/mol. The van der Waals surface area contributed by atoms with Crippen molar-refractivity contribution in [1.82, 2.24) is 20.1 Å². The molecule has 0 radical (unpaired) electrons. The molecule has 1 N–H and O–H groups in total. The molecule has 0 saturated carbocycles. The van der Waals surface area contributed by atoms with Gasteiger partial charge in [0, 0.05) is 30.0 Å². The number of carbonyl (C=O) groups excluding carboxylic acids is 1. The third-order valence-corrected chi connectivity index (χ3v) is 5.85. The van der Waals surface area contributed by atoms with E-state index in [1.807, 2.05) is 18.2 Å². The Hall–Kier alpha value is -2.60. The lowest BCUT2D eigenvalue weighted by atomic mass is 10.1. The van der Waals surface area contributed by atoms with Crippen molar-refractivity contribution in [1.29, 1.82) is 0 Å². The molecule has 2 aromatic carbocycles. The lowest BCUT2D eigenvalue weighted by molar-refractivity contribution is -0.121. The molecule has 0 aliphatic carbocycles. The van der Waals surface area contributed by atoms with Crippen LogP contribution in [0.1, 0.15) is 44.6 Å². The molecule has 6 heteroatoms. The van der Waals surface area contributed by atoms with Crippen molar-refractivity contribution in [2.24, 2.45) is 0 Å². The van der Waals surface area contributed by atoms with E-state index >= 15 is 0 Å². The highest BCUT2D eigenvalue weighted by Gasteiger charge is 2.16. The molecule has 0 spiro atoms. The van der Waals surface area contributed by atoms with Crippen LogP contribution in [0.5, 0.6) is 0 Å². The van der Waals surface area contributed by atoms with Crippen LogP contribution < -0.4 is 5.32 Å². The number of benzene rings is 2. The number of aryl methyl sites for hydroxylation is 1. The second kappa shape index (κ2) is 11.6. The number of nitrogens with zero attached hydrogens (tertiary/aromatic N) is 3. The molecule has 30 heavy (non-hydrogen) atoms. The molecule has 0 saturated heterocycles. The molecule has 3 rings (SSSR count). The van der Waals surface area contributed by atoms with Crippen LogP contribution in [0.15, 0.2) is 59.8 Å². The summed E-state index contributed by atoms with van der Waals surface area (Å²) in [4.78, 5) is 12.0. The molecule has 158 valence electrons. The zero-order valence-corrected chi connectivity index (χ0v) is 18.6. The number of hydrogen-bond donors (Lipinski definition) is 1. The van der Waals surface area contributed by atoms with Gasteiger partial charge in [-0.05, 0) is 31.9 Å². The molecule has 1 amide bonds. The fourth-order valence-electron chi connectivity index (χ4n) is 3.15. The van der Waals surface area contributed by atoms with Gasteiger partial charge >= 0.3 is 0 Å². The van der Waals surface area contributed by atoms with Crippen molar-refractivity contribution < 1.29 is 4.79 Å². The SMILES string of the molecule is CCCCCNC(=O)CCCSc1nnc(-c2ccc(C)cc2)n1-c1ccccc1. The first-order valence-corrected chi connectivity index (χ1v) is 11.6. The van der Waals surface area contributed by atoms with Gasteiger partial charge in [-0.1, -0.05) is 79.6 Å². The van der Waals surface area contributed by atoms with Crippen LogP contribution in [0.3, 0.4) is 0 Å². The van der Waals surface area contributed by atoms with Gasteiger partial charge in [-0.15, -0.1) is 10.2 Å². The molecule has 0 bridgehead atoms. The summed E-state index contributed by atoms with van der Waals surface area (Å²) in [5.41, 5.74) is 3.29. The predicted octanol–water partition coefficient (Wildman–Crippen LogP) is 5.42. The van der Waals surface area contributed by atoms with Crippen molar-refractivity contribution in [2.45, 2.75) is 51.1 Å². The van der Waals surface area contributed by atoms with Crippen LogP contribution in [0.25, 0.3) is 17.1 Å². The highest BCUT2D eigenvalue weighted by molar-refractivity contribution is 7.99. The predicted molar refractivity (Wildman–Crippen MR) is 124 cm³/mol. The largest absolute Gasteiger partial charge is 0.356 e. The smallest absolute Gasteiger partial charge is 0.220 e. The average Bonchev–Trinajstić information content (AvgIpc) is 3.19. The van der Waals surface area contributed by atoms with Gasteiger partial charge < -0.3 is 5.32 Å². The normalized spacial score (nSPS) is 10.9. The number of amides is 1. The molecule has 0 aliphatic rings. The van der Waals surface area contributed by atoms with E-state index in [0.717, 1.165) is 53.8 Å². The number of rotatable bonds is 11. The van der Waals surface area contributed by atoms with E-state index in [-0.39, 0.29) is 5.91 Å². The first-order valence-electron chi connectivity index (χ1n) is 10.7. The van der Waals surface area contributed by atoms with E-state index in [2.05, 4.69) is 70.3 Å². The zero-order chi connectivity index (χ0) is 21.2. The van der Waals surface area contributed by atoms with Crippen molar-refractivity contribution in [3.63, 3.8) is 0 Å². The number of para-hydroxylation sites is 1. The summed E-state index contributed by atoms with van der Waals surface area (Å²) < 4.78 is 2.10. The Morgan fingerprint density at radius 1 is 1.00 bits per heavy atom. The molecular formula is C24H30N4OS. The van der Waals surface area contributed by atoms with Gasteiger partial charge in [-0.3, -0.25) is 9.36 Å². The number of nitrogens with one attached hydrogen (secondary N) is 1. The lowest BCUT2D eigenvalue weighted by Gasteiger charge is -2.10. The van der Waals surface area contributed by atoms with Crippen LogP contribution in [-0.4, -0.2) is 33.0 Å². The molecular weight excluding hydrogens is 392 g/mol. The van der Waals surface area contributed by atoms with Gasteiger partial charge in [0.2, 0.25) is 5.91 Å². The Balaban J connectivity index is 1.65. The Morgan fingerprint density at radius 2 is 1.77 bits per heavy atom. The van der Waals surface area contributed by atoms with Crippen LogP contribution in [-0.2, 0) is 4.79 Å². The van der Waals surface area contributed by atoms with Crippen LogP contribution >= 0.6 is 11.8 Å². The first kappa shape index (κ1) is 22.1. The number of aromatic nitrogens is 3. The second-order valence-electron chi connectivity index (χ2n) is 7.35. The summed E-state index contributed by atoms with van der Waals surface area (Å²) in [5.74, 6) is 1.79. The minimum Gasteiger partial charge on any atom is -0.356 e. The van der Waals surface area contributed by atoms with E-state index in [9.17, 15) is 4.79 Å². The zero-order valence-electron chi connectivity index (χ0n) is 17.8. The summed E-state index contributed by atoms with van der Waals surface area (Å²) in [6.45, 7) is 5.02. The first-order chi connectivity index (χ1) is 14.7. The van der Waals surface area contributed by atoms with Crippen molar-refractivity contribution in [3.05, 3.63) is 60.2 Å².